The Morgan fingerprint density at radius 2 is 1.55 bits per heavy atom. The first-order valence-corrected chi connectivity index (χ1v) is 6.27. The number of benzene rings is 1. The van der Waals surface area contributed by atoms with Crippen molar-refractivity contribution in [3.63, 3.8) is 0 Å². The highest BCUT2D eigenvalue weighted by Gasteiger charge is 2.28. The minimum absolute atomic E-state index is 0.0121. The third-order valence-electron chi connectivity index (χ3n) is 2.67. The molecule has 0 atom stereocenters. The zero-order valence-electron chi connectivity index (χ0n) is 11.1. The van der Waals surface area contributed by atoms with Crippen LogP contribution in [0.25, 0.3) is 0 Å². The lowest BCUT2D eigenvalue weighted by Gasteiger charge is -2.28. The second kappa shape index (κ2) is 7.00. The van der Waals surface area contributed by atoms with Crippen molar-refractivity contribution in [2.24, 2.45) is 16.9 Å². The van der Waals surface area contributed by atoms with Gasteiger partial charge in [0.15, 0.2) is 0 Å². The first-order valence-electron chi connectivity index (χ1n) is 5.90. The lowest BCUT2D eigenvalue weighted by Crippen LogP contribution is -2.35. The number of halogens is 1. The summed E-state index contributed by atoms with van der Waals surface area (Å²) in [5, 5.41) is 0.622. The summed E-state index contributed by atoms with van der Waals surface area (Å²) in [7, 11) is 0. The Kier molecular flexibility index (Phi) is 5.64. The smallest absolute Gasteiger partial charge is 0.404 e. The fourth-order valence-corrected chi connectivity index (χ4v) is 1.86. The molecule has 2 amide bonds. The largest absolute Gasteiger partial charge is 0.449 e. The average Bonchev–Trinajstić information content (AvgIpc) is 2.37. The standard InChI is InChI=1S/C13H17ClN2O4/c1-13(7-19-11(15)17,8-20-12(16)18)6-9-2-4-10(14)5-3-9/h2-5H,6-8H2,1H3,(H2,15,17)(H2,16,18). The van der Waals surface area contributed by atoms with Crippen LogP contribution in [-0.4, -0.2) is 25.4 Å². The van der Waals surface area contributed by atoms with E-state index in [1.807, 2.05) is 12.1 Å². The Hall–Kier alpha value is -1.95. The SMILES string of the molecule is CC(COC(N)=O)(COC(N)=O)Cc1ccc(Cl)cc1. The summed E-state index contributed by atoms with van der Waals surface area (Å²) in [6, 6.07) is 7.19. The van der Waals surface area contributed by atoms with Gasteiger partial charge in [-0.05, 0) is 24.1 Å². The molecule has 1 aromatic carbocycles. The van der Waals surface area contributed by atoms with E-state index in [1.54, 1.807) is 19.1 Å². The van der Waals surface area contributed by atoms with Gasteiger partial charge in [0.1, 0.15) is 13.2 Å². The predicted octanol–water partition coefficient (Wildman–Crippen LogP) is 2.08. The van der Waals surface area contributed by atoms with Gasteiger partial charge in [-0.1, -0.05) is 30.7 Å². The quantitative estimate of drug-likeness (QED) is 0.839. The molecule has 0 aromatic heterocycles. The van der Waals surface area contributed by atoms with Gasteiger partial charge in [0.05, 0.1) is 0 Å². The summed E-state index contributed by atoms with van der Waals surface area (Å²) in [6.45, 7) is 1.82. The van der Waals surface area contributed by atoms with Crippen LogP contribution < -0.4 is 11.5 Å². The molecule has 0 saturated heterocycles. The van der Waals surface area contributed by atoms with Crippen LogP contribution >= 0.6 is 11.6 Å². The molecule has 110 valence electrons. The molecular weight excluding hydrogens is 284 g/mol. The lowest BCUT2D eigenvalue weighted by atomic mass is 9.85. The van der Waals surface area contributed by atoms with Crippen LogP contribution in [0.1, 0.15) is 12.5 Å². The number of hydrogen-bond acceptors (Lipinski definition) is 4. The number of amides is 2. The van der Waals surface area contributed by atoms with Crippen molar-refractivity contribution < 1.29 is 19.1 Å². The van der Waals surface area contributed by atoms with Crippen LogP contribution in [0.2, 0.25) is 5.02 Å². The van der Waals surface area contributed by atoms with E-state index in [-0.39, 0.29) is 13.2 Å². The first kappa shape index (κ1) is 16.1. The maximum atomic E-state index is 10.7. The van der Waals surface area contributed by atoms with E-state index < -0.39 is 17.6 Å². The zero-order valence-corrected chi connectivity index (χ0v) is 11.9. The highest BCUT2D eigenvalue weighted by molar-refractivity contribution is 6.30. The van der Waals surface area contributed by atoms with E-state index >= 15 is 0 Å². The zero-order chi connectivity index (χ0) is 15.2. The van der Waals surface area contributed by atoms with E-state index in [0.29, 0.717) is 11.4 Å². The monoisotopic (exact) mass is 300 g/mol. The van der Waals surface area contributed by atoms with Gasteiger partial charge in [-0.25, -0.2) is 9.59 Å². The van der Waals surface area contributed by atoms with Gasteiger partial charge >= 0.3 is 12.2 Å². The van der Waals surface area contributed by atoms with Gasteiger partial charge in [-0.3, -0.25) is 0 Å². The molecule has 20 heavy (non-hydrogen) atoms. The Labute approximate surface area is 122 Å². The number of carbonyl (C=O) groups is 2. The molecule has 0 fully saturated rings. The molecule has 7 heteroatoms. The molecule has 0 radical (unpaired) electrons. The van der Waals surface area contributed by atoms with Crippen molar-refractivity contribution >= 4 is 23.8 Å². The topological polar surface area (TPSA) is 105 Å². The van der Waals surface area contributed by atoms with Gasteiger partial charge in [-0.2, -0.15) is 0 Å². The summed E-state index contributed by atoms with van der Waals surface area (Å²) in [4.78, 5) is 21.5. The normalized spacial score (nSPS) is 10.9. The molecule has 4 N–H and O–H groups in total. The minimum atomic E-state index is -0.883. The second-order valence-corrected chi connectivity index (χ2v) is 5.27. The van der Waals surface area contributed by atoms with Crippen LogP contribution in [0, 0.1) is 5.41 Å². The fraction of sp³-hybridized carbons (Fsp3) is 0.385. The number of hydrogen-bond donors (Lipinski definition) is 2. The Balaban J connectivity index is 2.76. The first-order chi connectivity index (χ1) is 9.31. The van der Waals surface area contributed by atoms with Crippen LogP contribution in [-0.2, 0) is 15.9 Å². The van der Waals surface area contributed by atoms with Crippen molar-refractivity contribution in [1.82, 2.24) is 0 Å². The molecule has 0 heterocycles. The van der Waals surface area contributed by atoms with Gasteiger partial charge in [0, 0.05) is 10.4 Å². The summed E-state index contributed by atoms with van der Waals surface area (Å²) in [6.07, 6.45) is -1.26. The van der Waals surface area contributed by atoms with Crippen LogP contribution in [0.15, 0.2) is 24.3 Å². The Morgan fingerprint density at radius 1 is 1.10 bits per heavy atom. The average molecular weight is 301 g/mol. The van der Waals surface area contributed by atoms with E-state index in [4.69, 9.17) is 32.5 Å². The Morgan fingerprint density at radius 3 is 1.95 bits per heavy atom. The van der Waals surface area contributed by atoms with E-state index in [1.165, 1.54) is 0 Å². The third-order valence-corrected chi connectivity index (χ3v) is 2.92. The molecule has 1 aromatic rings. The highest BCUT2D eigenvalue weighted by Crippen LogP contribution is 2.25. The van der Waals surface area contributed by atoms with Crippen molar-refractivity contribution in [3.05, 3.63) is 34.9 Å². The van der Waals surface area contributed by atoms with Gasteiger partial charge in [-0.15, -0.1) is 0 Å². The maximum Gasteiger partial charge on any atom is 0.404 e. The number of ether oxygens (including phenoxy) is 2. The van der Waals surface area contributed by atoms with Crippen LogP contribution in [0.4, 0.5) is 9.59 Å². The molecule has 0 saturated carbocycles. The third kappa shape index (κ3) is 5.79. The van der Waals surface area contributed by atoms with Crippen LogP contribution in [0.3, 0.4) is 0 Å². The van der Waals surface area contributed by atoms with E-state index in [0.717, 1.165) is 5.56 Å². The van der Waals surface area contributed by atoms with Crippen molar-refractivity contribution in [2.45, 2.75) is 13.3 Å². The lowest BCUT2D eigenvalue weighted by molar-refractivity contribution is 0.0424. The predicted molar refractivity (Wildman–Crippen MR) is 74.3 cm³/mol. The molecule has 0 aliphatic rings. The van der Waals surface area contributed by atoms with Crippen molar-refractivity contribution in [1.29, 1.82) is 0 Å². The maximum absolute atomic E-state index is 10.7. The van der Waals surface area contributed by atoms with Crippen molar-refractivity contribution in [3.8, 4) is 0 Å². The van der Waals surface area contributed by atoms with E-state index in [2.05, 4.69) is 0 Å². The molecule has 0 bridgehead atoms. The number of rotatable bonds is 6. The summed E-state index contributed by atoms with van der Waals surface area (Å²) < 4.78 is 9.63. The number of carbonyl (C=O) groups excluding carboxylic acids is 2. The minimum Gasteiger partial charge on any atom is -0.449 e. The van der Waals surface area contributed by atoms with Gasteiger partial charge in [0.25, 0.3) is 0 Å². The molecule has 0 aliphatic heterocycles. The molecule has 6 nitrogen and oxygen atoms in total. The molecular formula is C13H17ClN2O4. The van der Waals surface area contributed by atoms with Crippen molar-refractivity contribution in [2.75, 3.05) is 13.2 Å². The second-order valence-electron chi connectivity index (χ2n) is 4.83. The van der Waals surface area contributed by atoms with Gasteiger partial charge in [0.2, 0.25) is 0 Å². The number of nitrogens with two attached hydrogens (primary N) is 2. The van der Waals surface area contributed by atoms with E-state index in [9.17, 15) is 9.59 Å². The summed E-state index contributed by atoms with van der Waals surface area (Å²) >= 11 is 5.82. The number of primary amides is 2. The van der Waals surface area contributed by atoms with Gasteiger partial charge < -0.3 is 20.9 Å². The fourth-order valence-electron chi connectivity index (χ4n) is 1.73. The highest BCUT2D eigenvalue weighted by atomic mass is 35.5. The Bertz CT molecular complexity index is 458. The van der Waals surface area contributed by atoms with Crippen LogP contribution in [0.5, 0.6) is 0 Å². The molecule has 0 aliphatic carbocycles. The molecule has 0 spiro atoms. The molecule has 1 rings (SSSR count). The summed E-state index contributed by atoms with van der Waals surface area (Å²) in [5.41, 5.74) is 10.2. The molecule has 0 unspecified atom stereocenters. The summed E-state index contributed by atoms with van der Waals surface area (Å²) in [5.74, 6) is 0.